The molecule has 2 aliphatic carbocycles. The van der Waals surface area contributed by atoms with Gasteiger partial charge in [0.1, 0.15) is 59.5 Å². The number of aromatic nitrogens is 4. The number of carbonyl (C=O) groups is 4. The predicted molar refractivity (Wildman–Crippen MR) is 530 cm³/mol. The number of fused-ring (bicyclic) bond motifs is 5. The van der Waals surface area contributed by atoms with Crippen molar-refractivity contribution in [2.45, 2.75) is 51.7 Å². The summed E-state index contributed by atoms with van der Waals surface area (Å²) in [6, 6.07) is 50.9. The van der Waals surface area contributed by atoms with E-state index in [2.05, 4.69) is 87.0 Å². The Bertz CT molecular complexity index is 6680. The molecule has 0 radical (unpaired) electrons. The molecule has 0 saturated heterocycles. The van der Waals surface area contributed by atoms with Gasteiger partial charge in [0, 0.05) is 154 Å². The van der Waals surface area contributed by atoms with Crippen LogP contribution in [-0.4, -0.2) is 215 Å². The molecule has 0 unspecified atom stereocenters. The number of ether oxygens (including phenoxy) is 2. The van der Waals surface area contributed by atoms with Crippen LogP contribution < -0.4 is 48.8 Å². The van der Waals surface area contributed by atoms with E-state index in [4.69, 9.17) is 65.5 Å². The van der Waals surface area contributed by atoms with Gasteiger partial charge in [0.25, 0.3) is 11.8 Å². The Morgan fingerprint density at radius 2 is 1.11 bits per heavy atom. The minimum atomic E-state index is -1.14. The first-order valence-corrected chi connectivity index (χ1v) is 44.1. The summed E-state index contributed by atoms with van der Waals surface area (Å²) in [6.07, 6.45) is 15.8. The molecule has 8 N–H and O–H groups in total. The van der Waals surface area contributed by atoms with Crippen molar-refractivity contribution < 1.29 is 70.7 Å². The van der Waals surface area contributed by atoms with E-state index < -0.39 is 17.4 Å². The molecule has 4 aliphatic rings. The molecule has 0 atom stereocenters. The summed E-state index contributed by atoms with van der Waals surface area (Å²) in [6.45, 7) is 8.94. The lowest BCUT2D eigenvalue weighted by molar-refractivity contribution is -0.902. The molecule has 31 nitrogen and oxygen atoms in total. The minimum absolute atomic E-state index is 0.0209. The van der Waals surface area contributed by atoms with E-state index >= 15 is 0 Å². The number of amides is 2. The molecule has 0 spiro atoms. The third-order valence-electron chi connectivity index (χ3n) is 21.2. The first kappa shape index (κ1) is 100. The van der Waals surface area contributed by atoms with Gasteiger partial charge in [0.05, 0.1) is 140 Å². The van der Waals surface area contributed by atoms with Gasteiger partial charge in [-0.25, -0.2) is 19.1 Å². The number of carboxylic acid groups (broad SMARTS) is 1. The molecule has 2 amide bonds. The summed E-state index contributed by atoms with van der Waals surface area (Å²) < 4.78 is 33.1. The van der Waals surface area contributed by atoms with E-state index in [1.54, 1.807) is 108 Å². The maximum atomic E-state index is 13.0. The van der Waals surface area contributed by atoms with Crippen molar-refractivity contribution in [2.24, 2.45) is 5.11 Å². The van der Waals surface area contributed by atoms with E-state index in [1.807, 2.05) is 87.0 Å². The standard InChI is InChI=1S/C42H43IN6O6S.C26H22N4O6S.C15H21N3O.C15H17N2O3/c1-44-42(53)33-8-4-5-9-37(33)45-16-18-49(2,3)26-28-25-48(47-46-28)17-20-54-19-6-7-31(56)21-27-10-13-32(36(22-27)41(43)52)40-34-14-11-29(50)23-38(34)55-39-24-30(51)12-15-35(39)40;27-30-28-9-11-35-10-1-2-24(37)29-15-3-6-18(21(12-15)26(33)34)25-19-7-4-16(31)13-22(19)36-23-14-17(32)5-8-20(23)25;1-5-11-18(3,4)12-10-17-14-9-7-6-8-13(14)15(19)16-2;1-4-10-17(2,3)11-9-16-13-8-6-5-7-12(13)14(18)20-15(16)19/h4-5,8-15,22-25H,6-7,16-21,26H2,1-3H3,(H2-,44,45,50,51,53);3-8,12-14,31H,1-2,9-11H2,(H,29,37)(H,33,34);1,6-9H,10-12H2,2-4H3,(H-,16,17,19);1,5-8H,9-11H2,2-3H3/q;;;+1/p+2. The number of terminal acetylenes is 2. The van der Waals surface area contributed by atoms with Crippen LogP contribution in [0, 0.1) is 24.7 Å². The summed E-state index contributed by atoms with van der Waals surface area (Å²) in [5.74, 6) is 3.99. The molecule has 0 bridgehead atoms. The number of anilines is 3. The zero-order valence-corrected chi connectivity index (χ0v) is 78.3. The SMILES string of the molecule is C#CC[N+](C)(C)CCNc1ccccc1C(=O)NC.C#CC[N+](C)(C)CCn1c(=O)oc(=O)c2ccccc21.CNC(=O)c1ccccc1NCC[N+](C)(C)Cc1cn(CCOCCCC(=S)Cc2ccc(-c3c4ccc(=O)cc-4oc4cc(O)ccc34)c(C(=O)I)c2)nn1.[N-]=[N+]=NCCOCCCC(=S)Nc1ccc(-c2c3ccc(=O)cc-3oc3cc(O)ccc23)c(C(=O)O)c1. The number of phenols is 2. The number of para-hydroxylation sites is 3. The lowest BCUT2D eigenvalue weighted by Gasteiger charge is -2.29. The van der Waals surface area contributed by atoms with Gasteiger partial charge in [-0.05, 0) is 161 Å². The van der Waals surface area contributed by atoms with E-state index in [-0.39, 0.29) is 55.8 Å². The Kier molecular flexibility index (Phi) is 36.3. The molecule has 2 aliphatic heterocycles. The fourth-order valence-electron chi connectivity index (χ4n) is 14.5. The number of hydrogen-bond acceptors (Lipinski definition) is 22. The number of thiocarbonyl (C=S) groups is 2. The zero-order valence-electron chi connectivity index (χ0n) is 74.5. The van der Waals surface area contributed by atoms with Gasteiger partial charge in [-0.2, -0.15) is 0 Å². The summed E-state index contributed by atoms with van der Waals surface area (Å²) in [7, 11) is 15.7. The molecule has 34 heteroatoms. The van der Waals surface area contributed by atoms with Crippen LogP contribution in [0.1, 0.15) is 78.4 Å². The molecule has 0 fully saturated rings. The molecule has 2 aromatic heterocycles. The number of hydrogen-bond donors (Lipinski definition) is 8. The second kappa shape index (κ2) is 47.7. The van der Waals surface area contributed by atoms with Crippen LogP contribution in [0.5, 0.6) is 11.5 Å². The lowest BCUT2D eigenvalue weighted by atomic mass is 9.89. The summed E-state index contributed by atoms with van der Waals surface area (Å²) in [5.41, 5.74) is 18.1. The Labute approximate surface area is 786 Å². The van der Waals surface area contributed by atoms with Crippen LogP contribution in [0.25, 0.3) is 88.2 Å². The number of likely N-dealkylation sites (N-methyl/N-ethyl adjacent to an activating group) is 3. The zero-order chi connectivity index (χ0) is 95.2. The normalized spacial score (nSPS) is 11.2. The smallest absolute Gasteiger partial charge is 0.422 e. The highest BCUT2D eigenvalue weighted by Gasteiger charge is 2.27. The third-order valence-corrected chi connectivity index (χ3v) is 22.5. The second-order valence-corrected chi connectivity index (χ2v) is 34.8. The molecule has 7 aromatic carbocycles. The number of phenolic OH excluding ortho intramolecular Hbond substituents is 2. The Morgan fingerprint density at radius 3 is 1.68 bits per heavy atom. The van der Waals surface area contributed by atoms with Crippen molar-refractivity contribution in [3.8, 4) is 81.1 Å². The largest absolute Gasteiger partial charge is 0.508 e. The lowest BCUT2D eigenvalue weighted by Crippen LogP contribution is -2.43. The van der Waals surface area contributed by atoms with Crippen LogP contribution in [0.2, 0.25) is 0 Å². The van der Waals surface area contributed by atoms with Gasteiger partial charge in [-0.15, -0.1) is 17.9 Å². The number of azide groups is 1. The van der Waals surface area contributed by atoms with Crippen LogP contribution >= 0.6 is 47.0 Å². The van der Waals surface area contributed by atoms with Gasteiger partial charge < -0.3 is 78.1 Å². The van der Waals surface area contributed by atoms with Crippen molar-refractivity contribution in [1.29, 1.82) is 0 Å². The average molecular weight is 1940 g/mol. The van der Waals surface area contributed by atoms with Crippen LogP contribution in [-0.2, 0) is 35.5 Å². The number of carbonyl (C=O) groups excluding carboxylic acids is 3. The van der Waals surface area contributed by atoms with Crippen LogP contribution in [0.4, 0.5) is 17.1 Å². The third kappa shape index (κ3) is 28.4. The van der Waals surface area contributed by atoms with E-state index in [1.165, 1.54) is 53.1 Å². The predicted octanol–water partition coefficient (Wildman–Crippen LogP) is 14.5. The Morgan fingerprint density at radius 1 is 0.583 bits per heavy atom. The highest BCUT2D eigenvalue weighted by molar-refractivity contribution is 14.1. The molecule has 0 saturated carbocycles. The van der Waals surface area contributed by atoms with Gasteiger partial charge in [0.15, 0.2) is 10.9 Å². The quantitative estimate of drug-likeness (QED) is 0.00170. The first-order valence-electron chi connectivity index (χ1n) is 42.2. The van der Waals surface area contributed by atoms with Crippen molar-refractivity contribution in [3.63, 3.8) is 0 Å². The fourth-order valence-corrected chi connectivity index (χ4v) is 15.5. The van der Waals surface area contributed by atoms with Crippen molar-refractivity contribution in [1.82, 2.24) is 30.2 Å². The number of nitrogens with one attached hydrogen (secondary N) is 5. The number of benzene rings is 9. The number of carboxylic acids is 1. The van der Waals surface area contributed by atoms with Crippen molar-refractivity contribution in [3.05, 3.63) is 274 Å². The number of aromatic carboxylic acids is 1. The van der Waals surface area contributed by atoms with Gasteiger partial charge in [-0.3, -0.25) is 28.5 Å². The summed E-state index contributed by atoms with van der Waals surface area (Å²) >= 11 is 12.9. The topological polar surface area (TPSA) is 400 Å². The van der Waals surface area contributed by atoms with Crippen molar-refractivity contribution >= 4 is 128 Å². The van der Waals surface area contributed by atoms with Gasteiger partial charge in [-0.1, -0.05) is 89.4 Å². The average Bonchev–Trinajstić information content (AvgIpc) is 0.766. The molecular weight excluding hydrogens is 1830 g/mol. The summed E-state index contributed by atoms with van der Waals surface area (Å²) in [5, 5.41) is 59.0. The highest BCUT2D eigenvalue weighted by Crippen LogP contribution is 2.45. The van der Waals surface area contributed by atoms with E-state index in [0.717, 1.165) is 63.6 Å². The maximum Gasteiger partial charge on any atom is 0.422 e. The molecule has 684 valence electrons. The van der Waals surface area contributed by atoms with Crippen molar-refractivity contribution in [2.75, 3.05) is 151 Å². The van der Waals surface area contributed by atoms with Crippen LogP contribution in [0.3, 0.4) is 0 Å². The fraction of sp³-hybridized carbons (Fsp3) is 0.286. The Balaban J connectivity index is 0.000000202. The highest BCUT2D eigenvalue weighted by atomic mass is 127. The number of halogens is 1. The molecule has 4 heterocycles. The number of nitrogens with zero attached hydrogens (tertiary/aromatic N) is 10. The molecule has 132 heavy (non-hydrogen) atoms. The van der Waals surface area contributed by atoms with Gasteiger partial charge >= 0.3 is 17.4 Å². The van der Waals surface area contributed by atoms with Crippen LogP contribution in [0.15, 0.2) is 226 Å². The minimum Gasteiger partial charge on any atom is -0.508 e. The van der Waals surface area contributed by atoms with E-state index in [9.17, 15) is 53.7 Å². The number of quaternary nitrogens is 3. The number of rotatable bonds is 38. The molecule has 13 rings (SSSR count). The second-order valence-electron chi connectivity index (χ2n) is 32.8. The van der Waals surface area contributed by atoms with E-state index in [0.29, 0.717) is 201 Å². The first-order chi connectivity index (χ1) is 63.2. The maximum absolute atomic E-state index is 13.0. The Hall–Kier alpha value is -13.8. The molecule has 9 aromatic rings. The number of aromatic hydroxyl groups is 2. The molecular formula is C98H105IN15O16S2+3. The van der Waals surface area contributed by atoms with Gasteiger partial charge in [0.2, 0.25) is 3.79 Å². The monoisotopic (exact) mass is 1940 g/mol. The summed E-state index contributed by atoms with van der Waals surface area (Å²) in [4.78, 5) is 101.